The Hall–Kier alpha value is -0.940. The number of hydrogen-bond donors (Lipinski definition) is 3. The summed E-state index contributed by atoms with van der Waals surface area (Å²) in [5, 5.41) is 2.78. The molecule has 5 heteroatoms. The van der Waals surface area contributed by atoms with E-state index in [4.69, 9.17) is 11.5 Å². The largest absolute Gasteiger partial charge is 0.355 e. The van der Waals surface area contributed by atoms with Gasteiger partial charge in [-0.2, -0.15) is 0 Å². The molecule has 2 atom stereocenters. The third-order valence-electron chi connectivity index (χ3n) is 2.38. The lowest BCUT2D eigenvalue weighted by Crippen LogP contribution is -2.38. The van der Waals surface area contributed by atoms with E-state index in [1.165, 1.54) is 26.2 Å². The highest BCUT2D eigenvalue weighted by Gasteiger charge is 2.04. The summed E-state index contributed by atoms with van der Waals surface area (Å²) in [6, 6.07) is -0.666. The van der Waals surface area contributed by atoms with E-state index < -0.39 is 0 Å². The van der Waals surface area contributed by atoms with Crippen molar-refractivity contribution in [3.8, 4) is 0 Å². The summed E-state index contributed by atoms with van der Waals surface area (Å²) in [7, 11) is 0. The van der Waals surface area contributed by atoms with Crippen LogP contribution in [0.3, 0.4) is 0 Å². The van der Waals surface area contributed by atoms with Gasteiger partial charge in [-0.05, 0) is 27.2 Å². The van der Waals surface area contributed by atoms with Crippen molar-refractivity contribution in [2.24, 2.45) is 11.5 Å². The van der Waals surface area contributed by atoms with Crippen molar-refractivity contribution < 1.29 is 9.59 Å². The number of rotatable bonds is 7. The van der Waals surface area contributed by atoms with Crippen LogP contribution in [-0.4, -0.2) is 30.3 Å². The van der Waals surface area contributed by atoms with Gasteiger partial charge < -0.3 is 16.8 Å². The molecular weight excluding hydrogens is 230 g/mol. The Morgan fingerprint density at radius 1 is 1.06 bits per heavy atom. The minimum atomic E-state index is -0.379. The van der Waals surface area contributed by atoms with Crippen LogP contribution in [0.1, 0.15) is 53.4 Å². The third-order valence-corrected chi connectivity index (χ3v) is 2.38. The lowest BCUT2D eigenvalue weighted by atomic mass is 10.2. The highest BCUT2D eigenvalue weighted by atomic mass is 16.2. The minimum Gasteiger partial charge on any atom is -0.355 e. The summed E-state index contributed by atoms with van der Waals surface area (Å²) < 4.78 is 0. The Morgan fingerprint density at radius 2 is 1.56 bits per heavy atom. The van der Waals surface area contributed by atoms with E-state index in [0.29, 0.717) is 0 Å². The van der Waals surface area contributed by atoms with Gasteiger partial charge in [0.2, 0.25) is 5.91 Å². The van der Waals surface area contributed by atoms with Gasteiger partial charge in [0.1, 0.15) is 5.78 Å². The van der Waals surface area contributed by atoms with E-state index in [1.807, 2.05) is 0 Å². The van der Waals surface area contributed by atoms with Gasteiger partial charge in [0.05, 0.1) is 12.1 Å². The molecule has 1 amide bonds. The number of hydrogen-bond acceptors (Lipinski definition) is 4. The molecule has 0 aliphatic heterocycles. The molecule has 0 spiro atoms. The van der Waals surface area contributed by atoms with Crippen LogP contribution in [0.25, 0.3) is 0 Å². The molecule has 0 saturated heterocycles. The van der Waals surface area contributed by atoms with Gasteiger partial charge in [0.15, 0.2) is 0 Å². The van der Waals surface area contributed by atoms with Crippen molar-refractivity contribution in [3.05, 3.63) is 0 Å². The number of Topliss-reactive ketones (excluding diaryl/α,β-unsaturated/α-hetero) is 1. The zero-order valence-corrected chi connectivity index (χ0v) is 12.2. The Morgan fingerprint density at radius 3 is 1.89 bits per heavy atom. The number of ketones is 1. The molecule has 0 fully saturated rings. The van der Waals surface area contributed by atoms with E-state index in [1.54, 1.807) is 13.8 Å². The molecule has 0 aromatic heterocycles. The van der Waals surface area contributed by atoms with Gasteiger partial charge in [-0.1, -0.05) is 26.2 Å². The summed E-state index contributed by atoms with van der Waals surface area (Å²) >= 11 is 0. The first kappa shape index (κ1) is 19.4. The van der Waals surface area contributed by atoms with Crippen LogP contribution in [0.2, 0.25) is 0 Å². The normalized spacial score (nSPS) is 13.0. The molecule has 5 N–H and O–H groups in total. The summed E-state index contributed by atoms with van der Waals surface area (Å²) in [6.07, 6.45) is 4.72. The SMILES string of the molecule is CC(=O)C(C)N.CCCCCCNC(=O)C(C)N. The van der Waals surface area contributed by atoms with Crippen LogP contribution in [0.4, 0.5) is 0 Å². The number of nitrogens with two attached hydrogens (primary N) is 2. The smallest absolute Gasteiger partial charge is 0.236 e. The molecule has 108 valence electrons. The van der Waals surface area contributed by atoms with Crippen molar-refractivity contribution in [1.82, 2.24) is 5.32 Å². The first-order chi connectivity index (χ1) is 8.32. The first-order valence-corrected chi connectivity index (χ1v) is 6.62. The van der Waals surface area contributed by atoms with Gasteiger partial charge in [-0.15, -0.1) is 0 Å². The van der Waals surface area contributed by atoms with Crippen LogP contribution in [0, 0.1) is 0 Å². The molecule has 2 unspecified atom stereocenters. The Kier molecular flexibility index (Phi) is 13.5. The second-order valence-electron chi connectivity index (χ2n) is 4.54. The van der Waals surface area contributed by atoms with Gasteiger partial charge in [0.25, 0.3) is 0 Å². The molecule has 5 nitrogen and oxygen atoms in total. The maximum atomic E-state index is 10.9. The molecule has 0 aromatic carbocycles. The number of unbranched alkanes of at least 4 members (excludes halogenated alkanes) is 3. The van der Waals surface area contributed by atoms with Crippen LogP contribution in [-0.2, 0) is 9.59 Å². The standard InChI is InChI=1S/C9H20N2O.C4H9NO/c1-3-4-5-6-7-11-9(12)8(2)10;1-3(5)4(2)6/h8H,3-7,10H2,1-2H3,(H,11,12);3H,5H2,1-2H3. The first-order valence-electron chi connectivity index (χ1n) is 6.62. The van der Waals surface area contributed by atoms with Crippen LogP contribution in [0.15, 0.2) is 0 Å². The molecule has 0 radical (unpaired) electrons. The molecule has 0 rings (SSSR count). The fraction of sp³-hybridized carbons (Fsp3) is 0.846. The predicted octanol–water partition coefficient (Wildman–Crippen LogP) is 0.953. The van der Waals surface area contributed by atoms with E-state index in [0.717, 1.165) is 13.0 Å². The maximum Gasteiger partial charge on any atom is 0.236 e. The van der Waals surface area contributed by atoms with Gasteiger partial charge >= 0.3 is 0 Å². The van der Waals surface area contributed by atoms with E-state index in [9.17, 15) is 9.59 Å². The molecular formula is C13H29N3O2. The average Bonchev–Trinajstić information content (AvgIpc) is 2.29. The van der Waals surface area contributed by atoms with Gasteiger partial charge in [-0.25, -0.2) is 0 Å². The quantitative estimate of drug-likeness (QED) is 0.593. The second-order valence-corrected chi connectivity index (χ2v) is 4.54. The number of nitrogens with one attached hydrogen (secondary N) is 1. The van der Waals surface area contributed by atoms with Gasteiger partial charge in [0, 0.05) is 6.54 Å². The molecule has 0 bridgehead atoms. The maximum absolute atomic E-state index is 10.9. The summed E-state index contributed by atoms with van der Waals surface area (Å²) in [5.41, 5.74) is 10.5. The van der Waals surface area contributed by atoms with Crippen LogP contribution in [0.5, 0.6) is 0 Å². The van der Waals surface area contributed by atoms with Crippen LogP contribution >= 0.6 is 0 Å². The molecule has 0 saturated carbocycles. The molecule has 0 aliphatic rings. The summed E-state index contributed by atoms with van der Waals surface area (Å²) in [4.78, 5) is 21.0. The van der Waals surface area contributed by atoms with Crippen molar-refractivity contribution in [1.29, 1.82) is 0 Å². The van der Waals surface area contributed by atoms with Crippen molar-refractivity contribution in [3.63, 3.8) is 0 Å². The lowest BCUT2D eigenvalue weighted by Gasteiger charge is -2.06. The highest BCUT2D eigenvalue weighted by molar-refractivity contribution is 5.81. The summed E-state index contributed by atoms with van der Waals surface area (Å²) in [6.45, 7) is 7.77. The number of amides is 1. The van der Waals surface area contributed by atoms with E-state index >= 15 is 0 Å². The Bertz CT molecular complexity index is 228. The third kappa shape index (κ3) is 15.1. The predicted molar refractivity (Wildman–Crippen MR) is 75.1 cm³/mol. The zero-order valence-electron chi connectivity index (χ0n) is 12.2. The van der Waals surface area contributed by atoms with Crippen molar-refractivity contribution >= 4 is 11.7 Å². The lowest BCUT2D eigenvalue weighted by molar-refractivity contribution is -0.122. The summed E-state index contributed by atoms with van der Waals surface area (Å²) in [5.74, 6) is -0.0125. The topological polar surface area (TPSA) is 98.2 Å². The highest BCUT2D eigenvalue weighted by Crippen LogP contribution is 1.96. The fourth-order valence-electron chi connectivity index (χ4n) is 0.924. The zero-order chi connectivity index (χ0) is 14.6. The molecule has 18 heavy (non-hydrogen) atoms. The molecule has 0 heterocycles. The average molecular weight is 259 g/mol. The Balaban J connectivity index is 0. The van der Waals surface area contributed by atoms with Crippen molar-refractivity contribution in [2.75, 3.05) is 6.54 Å². The van der Waals surface area contributed by atoms with Crippen molar-refractivity contribution in [2.45, 2.75) is 65.5 Å². The molecule has 0 aliphatic carbocycles. The number of carbonyl (C=O) groups is 2. The van der Waals surface area contributed by atoms with E-state index in [2.05, 4.69) is 12.2 Å². The number of carbonyl (C=O) groups excluding carboxylic acids is 2. The van der Waals surface area contributed by atoms with E-state index in [-0.39, 0.29) is 23.8 Å². The molecule has 0 aromatic rings. The minimum absolute atomic E-state index is 0.0370. The Labute approximate surface area is 111 Å². The monoisotopic (exact) mass is 259 g/mol. The fourth-order valence-corrected chi connectivity index (χ4v) is 0.924. The second kappa shape index (κ2) is 12.5. The van der Waals surface area contributed by atoms with Gasteiger partial charge in [-0.3, -0.25) is 9.59 Å². The van der Waals surface area contributed by atoms with Crippen LogP contribution < -0.4 is 16.8 Å².